The molecule has 1 amide bonds. The summed E-state index contributed by atoms with van der Waals surface area (Å²) in [5.74, 6) is 1.17. The highest BCUT2D eigenvalue weighted by Gasteiger charge is 2.32. The molecule has 3 aliphatic heterocycles. The maximum atomic E-state index is 13.2. The number of anilines is 2. The quantitative estimate of drug-likeness (QED) is 0.726. The smallest absolute Gasteiger partial charge is 0.225 e. The van der Waals surface area contributed by atoms with Gasteiger partial charge in [0, 0.05) is 31.1 Å². The second kappa shape index (κ2) is 9.22. The van der Waals surface area contributed by atoms with Gasteiger partial charge in [-0.3, -0.25) is 14.9 Å². The van der Waals surface area contributed by atoms with Crippen LogP contribution in [-0.2, 0) is 4.79 Å². The lowest BCUT2D eigenvalue weighted by Gasteiger charge is -2.33. The van der Waals surface area contributed by atoms with Gasteiger partial charge < -0.3 is 24.8 Å². The van der Waals surface area contributed by atoms with Gasteiger partial charge in [0.2, 0.25) is 5.91 Å². The van der Waals surface area contributed by atoms with Gasteiger partial charge in [0.25, 0.3) is 0 Å². The van der Waals surface area contributed by atoms with Crippen molar-refractivity contribution in [3.63, 3.8) is 0 Å². The van der Waals surface area contributed by atoms with Crippen molar-refractivity contribution in [2.45, 2.75) is 32.0 Å². The number of piperidine rings is 1. The van der Waals surface area contributed by atoms with Crippen molar-refractivity contribution in [1.82, 2.24) is 15.1 Å². The van der Waals surface area contributed by atoms with E-state index >= 15 is 0 Å². The van der Waals surface area contributed by atoms with Crippen LogP contribution in [0.5, 0.6) is 5.75 Å². The van der Waals surface area contributed by atoms with E-state index in [0.717, 1.165) is 75.3 Å². The third-order valence-corrected chi connectivity index (χ3v) is 6.43. The Morgan fingerprint density at radius 1 is 1.17 bits per heavy atom. The van der Waals surface area contributed by atoms with Gasteiger partial charge in [-0.05, 0) is 65.0 Å². The molecule has 0 radical (unpaired) electrons. The van der Waals surface area contributed by atoms with Gasteiger partial charge in [-0.25, -0.2) is 0 Å². The predicted molar refractivity (Wildman–Crippen MR) is 117 cm³/mol. The van der Waals surface area contributed by atoms with Crippen molar-refractivity contribution >= 4 is 23.6 Å². The summed E-state index contributed by atoms with van der Waals surface area (Å²) >= 11 is 0. The Kier molecular flexibility index (Phi) is 6.43. The number of carbonyl (C=O) groups is 2. The zero-order valence-electron chi connectivity index (χ0n) is 18.0. The van der Waals surface area contributed by atoms with Crippen LogP contribution in [0.3, 0.4) is 0 Å². The topological polar surface area (TPSA) is 77.2 Å². The highest BCUT2D eigenvalue weighted by molar-refractivity contribution is 5.88. The normalized spacial score (nSPS) is 23.2. The largest absolute Gasteiger partial charge is 0.491 e. The number of nitrogens with one attached hydrogen (secondary N) is 2. The molecule has 1 unspecified atom stereocenters. The summed E-state index contributed by atoms with van der Waals surface area (Å²) < 4.78 is 6.12. The zero-order valence-corrected chi connectivity index (χ0v) is 18.0. The maximum absolute atomic E-state index is 13.2. The molecule has 0 spiro atoms. The van der Waals surface area contributed by atoms with Crippen LogP contribution in [0.15, 0.2) is 12.1 Å². The summed E-state index contributed by atoms with van der Waals surface area (Å²) in [6.45, 7) is 4.77. The molecule has 1 aromatic rings. The second-order valence-corrected chi connectivity index (χ2v) is 8.52. The molecule has 8 nitrogen and oxygen atoms in total. The Bertz CT molecular complexity index is 778. The summed E-state index contributed by atoms with van der Waals surface area (Å²) in [6, 6.07) is 3.69. The number of ether oxygens (including phenoxy) is 1. The molecule has 1 fully saturated rings. The Balaban J connectivity index is 1.51. The van der Waals surface area contributed by atoms with Crippen molar-refractivity contribution < 1.29 is 14.3 Å². The van der Waals surface area contributed by atoms with E-state index in [2.05, 4.69) is 27.5 Å². The van der Waals surface area contributed by atoms with E-state index in [9.17, 15) is 9.59 Å². The average molecular weight is 416 g/mol. The molecule has 8 heteroatoms. The average Bonchev–Trinajstić information content (AvgIpc) is 3.10. The van der Waals surface area contributed by atoms with E-state index in [1.54, 1.807) is 0 Å². The molecule has 0 saturated carbocycles. The lowest BCUT2D eigenvalue weighted by Crippen LogP contribution is -2.47. The first-order valence-electron chi connectivity index (χ1n) is 11.0. The number of likely N-dealkylation sites (tertiary alicyclic amines) is 1. The van der Waals surface area contributed by atoms with E-state index in [-0.39, 0.29) is 12.2 Å². The fourth-order valence-electron chi connectivity index (χ4n) is 4.75. The number of carbonyl (C=O) groups excluding carboxylic acids is 2. The van der Waals surface area contributed by atoms with E-state index < -0.39 is 0 Å². The number of nitrogens with zero attached hydrogens (tertiary/aromatic N) is 3. The van der Waals surface area contributed by atoms with Gasteiger partial charge in [0.15, 0.2) is 6.29 Å². The third-order valence-electron chi connectivity index (χ3n) is 6.43. The van der Waals surface area contributed by atoms with Crippen LogP contribution < -0.4 is 20.3 Å². The molecule has 1 atom stereocenters. The standard InChI is InChI=1S/C22H33N5O3/c1-23-22-24-18-13-16(15-28)14-19-20(18)27(22)9-3-7-26(8-4-12-30-19)21(29)17-5-10-25(2)11-6-17/h13-15,17,22-24H,3-12H2,1-2H3. The minimum atomic E-state index is -0.0666. The number of benzene rings is 1. The highest BCUT2D eigenvalue weighted by Crippen LogP contribution is 2.43. The molecular formula is C22H33N5O3. The molecule has 0 aliphatic carbocycles. The summed E-state index contributed by atoms with van der Waals surface area (Å²) in [5, 5.41) is 6.72. The number of rotatable bonds is 3. The number of amides is 1. The molecule has 3 aliphatic rings. The molecule has 1 aromatic carbocycles. The van der Waals surface area contributed by atoms with E-state index in [1.165, 1.54) is 0 Å². The van der Waals surface area contributed by atoms with Crippen molar-refractivity contribution in [3.05, 3.63) is 17.7 Å². The van der Waals surface area contributed by atoms with Crippen LogP contribution in [0.2, 0.25) is 0 Å². The summed E-state index contributed by atoms with van der Waals surface area (Å²) in [7, 11) is 4.03. The van der Waals surface area contributed by atoms with Crippen LogP contribution in [0.1, 0.15) is 36.0 Å². The monoisotopic (exact) mass is 415 g/mol. The fourth-order valence-corrected chi connectivity index (χ4v) is 4.75. The SMILES string of the molecule is CNC1Nc2cc(C=O)cc3c2N1CCCN(C(=O)C1CCN(C)CC1)CCCO3. The predicted octanol–water partition coefficient (Wildman–Crippen LogP) is 1.58. The van der Waals surface area contributed by atoms with Crippen LogP contribution in [-0.4, -0.2) is 81.7 Å². The van der Waals surface area contributed by atoms with Gasteiger partial charge >= 0.3 is 0 Å². The Morgan fingerprint density at radius 2 is 1.93 bits per heavy atom. The van der Waals surface area contributed by atoms with Crippen LogP contribution >= 0.6 is 0 Å². The van der Waals surface area contributed by atoms with Crippen LogP contribution in [0, 0.1) is 5.92 Å². The number of aldehydes is 1. The number of hydrogen-bond donors (Lipinski definition) is 2. The summed E-state index contributed by atoms with van der Waals surface area (Å²) in [4.78, 5) is 31.1. The first kappa shape index (κ1) is 20.9. The molecule has 2 N–H and O–H groups in total. The fraction of sp³-hybridized carbons (Fsp3) is 0.636. The molecule has 4 rings (SSSR count). The highest BCUT2D eigenvalue weighted by atomic mass is 16.5. The molecule has 1 saturated heterocycles. The van der Waals surface area contributed by atoms with Crippen molar-refractivity contribution in [2.75, 3.05) is 63.6 Å². The van der Waals surface area contributed by atoms with E-state index in [0.29, 0.717) is 24.6 Å². The minimum absolute atomic E-state index is 0.0666. The third kappa shape index (κ3) is 4.25. The molecule has 30 heavy (non-hydrogen) atoms. The van der Waals surface area contributed by atoms with Gasteiger partial charge in [-0.1, -0.05) is 0 Å². The molecule has 0 aromatic heterocycles. The molecule has 3 heterocycles. The van der Waals surface area contributed by atoms with E-state index in [4.69, 9.17) is 4.74 Å². The second-order valence-electron chi connectivity index (χ2n) is 8.52. The zero-order chi connectivity index (χ0) is 21.1. The lowest BCUT2D eigenvalue weighted by atomic mass is 9.95. The van der Waals surface area contributed by atoms with Crippen LogP contribution in [0.25, 0.3) is 0 Å². The van der Waals surface area contributed by atoms with Crippen molar-refractivity contribution in [2.24, 2.45) is 5.92 Å². The van der Waals surface area contributed by atoms with Crippen LogP contribution in [0.4, 0.5) is 11.4 Å². The molecule has 0 bridgehead atoms. The summed E-state index contributed by atoms with van der Waals surface area (Å²) in [6.07, 6.45) is 4.34. The van der Waals surface area contributed by atoms with Gasteiger partial charge in [0.1, 0.15) is 17.7 Å². The molecular weight excluding hydrogens is 382 g/mol. The first-order valence-corrected chi connectivity index (χ1v) is 11.0. The lowest BCUT2D eigenvalue weighted by molar-refractivity contribution is -0.137. The Hall–Kier alpha value is -2.32. The number of hydrogen-bond acceptors (Lipinski definition) is 7. The van der Waals surface area contributed by atoms with Gasteiger partial charge in [0.05, 0.1) is 12.3 Å². The van der Waals surface area contributed by atoms with Gasteiger partial charge in [-0.15, -0.1) is 0 Å². The summed E-state index contributed by atoms with van der Waals surface area (Å²) in [5.41, 5.74) is 2.50. The van der Waals surface area contributed by atoms with Gasteiger partial charge in [-0.2, -0.15) is 0 Å². The Morgan fingerprint density at radius 3 is 2.67 bits per heavy atom. The molecule has 164 valence electrons. The maximum Gasteiger partial charge on any atom is 0.225 e. The Labute approximate surface area is 178 Å². The minimum Gasteiger partial charge on any atom is -0.491 e. The van der Waals surface area contributed by atoms with Crippen molar-refractivity contribution in [1.29, 1.82) is 0 Å². The van der Waals surface area contributed by atoms with E-state index in [1.807, 2.05) is 24.1 Å². The van der Waals surface area contributed by atoms with Crippen molar-refractivity contribution in [3.8, 4) is 5.75 Å². The first-order chi connectivity index (χ1) is 14.6.